The van der Waals surface area contributed by atoms with Gasteiger partial charge in [-0.05, 0) is 12.3 Å². The molecule has 0 aromatic carbocycles. The number of aliphatic hydroxyl groups excluding tert-OH is 1. The zero-order valence-electron chi connectivity index (χ0n) is 8.50. The molecule has 0 aliphatic rings. The van der Waals surface area contributed by atoms with Crippen molar-refractivity contribution in [3.8, 4) is 0 Å². The number of carbonyl (C=O) groups is 1. The molecule has 2 atom stereocenters. The maximum Gasteiger partial charge on any atom is 0.322 e. The van der Waals surface area contributed by atoms with E-state index < -0.39 is 16.9 Å². The molecule has 0 amide bonds. The molecule has 0 rings (SSSR count). The minimum absolute atomic E-state index is 0.331. The van der Waals surface area contributed by atoms with Crippen LogP contribution in [0.2, 0.25) is 0 Å². The molecule has 0 saturated carbocycles. The van der Waals surface area contributed by atoms with Gasteiger partial charge in [0, 0.05) is 0 Å². The Balaban J connectivity index is 4.25. The van der Waals surface area contributed by atoms with Crippen molar-refractivity contribution in [2.75, 3.05) is 6.61 Å². The Morgan fingerprint density at radius 2 is 2.00 bits per heavy atom. The van der Waals surface area contributed by atoms with Crippen LogP contribution in [0.5, 0.6) is 0 Å². The van der Waals surface area contributed by atoms with Crippen LogP contribution in [-0.4, -0.2) is 28.6 Å². The predicted molar refractivity (Wildman–Crippen MR) is 54.8 cm³/mol. The SMILES string of the molecule is CCOC(=O)[C@H](Br)[C@H](O)C(C)(C)C. The van der Waals surface area contributed by atoms with Crippen molar-refractivity contribution in [1.82, 2.24) is 0 Å². The normalized spacial score (nSPS) is 16.5. The van der Waals surface area contributed by atoms with Crippen LogP contribution < -0.4 is 0 Å². The summed E-state index contributed by atoms with van der Waals surface area (Å²) < 4.78 is 4.77. The number of carbonyl (C=O) groups excluding carboxylic acids is 1. The van der Waals surface area contributed by atoms with E-state index in [2.05, 4.69) is 15.9 Å². The van der Waals surface area contributed by atoms with Crippen molar-refractivity contribution in [2.24, 2.45) is 5.41 Å². The Labute approximate surface area is 87.6 Å². The fraction of sp³-hybridized carbons (Fsp3) is 0.889. The fourth-order valence-corrected chi connectivity index (χ4v) is 1.71. The lowest BCUT2D eigenvalue weighted by Gasteiger charge is -2.28. The molecule has 0 spiro atoms. The van der Waals surface area contributed by atoms with Gasteiger partial charge in [-0.2, -0.15) is 0 Å². The molecule has 0 unspecified atom stereocenters. The second-order valence-electron chi connectivity index (χ2n) is 3.96. The molecule has 0 fully saturated rings. The van der Waals surface area contributed by atoms with Crippen LogP contribution in [-0.2, 0) is 9.53 Å². The smallest absolute Gasteiger partial charge is 0.322 e. The van der Waals surface area contributed by atoms with Gasteiger partial charge in [0.2, 0.25) is 0 Å². The van der Waals surface area contributed by atoms with Gasteiger partial charge >= 0.3 is 5.97 Å². The van der Waals surface area contributed by atoms with E-state index in [0.717, 1.165) is 0 Å². The van der Waals surface area contributed by atoms with Crippen molar-refractivity contribution < 1.29 is 14.6 Å². The van der Waals surface area contributed by atoms with Crippen molar-refractivity contribution >= 4 is 21.9 Å². The second-order valence-corrected chi connectivity index (χ2v) is 4.95. The van der Waals surface area contributed by atoms with Gasteiger partial charge in [0.25, 0.3) is 0 Å². The largest absolute Gasteiger partial charge is 0.465 e. The third-order valence-corrected chi connectivity index (χ3v) is 2.55. The van der Waals surface area contributed by atoms with Gasteiger partial charge in [-0.15, -0.1) is 0 Å². The Bertz CT molecular complexity index is 174. The number of alkyl halides is 1. The topological polar surface area (TPSA) is 46.5 Å². The summed E-state index contributed by atoms with van der Waals surface area (Å²) in [5, 5.41) is 9.70. The molecule has 0 saturated heterocycles. The van der Waals surface area contributed by atoms with Gasteiger partial charge in [0.1, 0.15) is 4.83 Å². The first kappa shape index (κ1) is 12.9. The monoisotopic (exact) mass is 252 g/mol. The molecule has 4 heteroatoms. The number of hydrogen-bond donors (Lipinski definition) is 1. The van der Waals surface area contributed by atoms with Gasteiger partial charge in [-0.1, -0.05) is 36.7 Å². The van der Waals surface area contributed by atoms with Gasteiger partial charge in [-0.25, -0.2) is 0 Å². The van der Waals surface area contributed by atoms with E-state index in [4.69, 9.17) is 4.74 Å². The van der Waals surface area contributed by atoms with E-state index in [9.17, 15) is 9.90 Å². The number of aliphatic hydroxyl groups is 1. The number of ether oxygens (including phenoxy) is 1. The highest BCUT2D eigenvalue weighted by Gasteiger charge is 2.34. The van der Waals surface area contributed by atoms with Crippen LogP contribution in [0.4, 0.5) is 0 Å². The lowest BCUT2D eigenvalue weighted by molar-refractivity contribution is -0.145. The van der Waals surface area contributed by atoms with E-state index in [1.54, 1.807) is 6.92 Å². The number of esters is 1. The summed E-state index contributed by atoms with van der Waals surface area (Å²) in [4.78, 5) is 10.6. The molecule has 3 nitrogen and oxygen atoms in total. The van der Waals surface area contributed by atoms with Crippen molar-refractivity contribution in [3.05, 3.63) is 0 Å². The first-order valence-electron chi connectivity index (χ1n) is 4.29. The summed E-state index contributed by atoms with van der Waals surface area (Å²) >= 11 is 3.12. The lowest BCUT2D eigenvalue weighted by atomic mass is 9.87. The molecule has 0 aromatic rings. The highest BCUT2D eigenvalue weighted by atomic mass is 79.9. The van der Waals surface area contributed by atoms with Crippen LogP contribution >= 0.6 is 15.9 Å². The highest BCUT2D eigenvalue weighted by Crippen LogP contribution is 2.26. The Morgan fingerprint density at radius 3 is 2.31 bits per heavy atom. The summed E-state index contributed by atoms with van der Waals surface area (Å²) in [6, 6.07) is 0. The first-order valence-corrected chi connectivity index (χ1v) is 5.21. The molecule has 13 heavy (non-hydrogen) atoms. The summed E-state index contributed by atoms with van der Waals surface area (Å²) in [6.07, 6.45) is -0.744. The predicted octanol–water partition coefficient (Wildman–Crippen LogP) is 1.72. The molecular weight excluding hydrogens is 236 g/mol. The van der Waals surface area contributed by atoms with Gasteiger partial charge in [0.05, 0.1) is 12.7 Å². The first-order chi connectivity index (χ1) is 5.80. The minimum atomic E-state index is -0.744. The van der Waals surface area contributed by atoms with Crippen molar-refractivity contribution in [1.29, 1.82) is 0 Å². The Morgan fingerprint density at radius 1 is 1.54 bits per heavy atom. The van der Waals surface area contributed by atoms with Gasteiger partial charge in [-0.3, -0.25) is 4.79 Å². The van der Waals surface area contributed by atoms with Crippen LogP contribution in [0.15, 0.2) is 0 Å². The maximum absolute atomic E-state index is 11.2. The van der Waals surface area contributed by atoms with Gasteiger partial charge in [0.15, 0.2) is 0 Å². The third-order valence-electron chi connectivity index (χ3n) is 1.68. The van der Waals surface area contributed by atoms with Crippen molar-refractivity contribution in [3.63, 3.8) is 0 Å². The summed E-state index contributed by atoms with van der Waals surface area (Å²) in [5.41, 5.74) is -0.332. The van der Waals surface area contributed by atoms with E-state index in [0.29, 0.717) is 6.61 Å². The van der Waals surface area contributed by atoms with Crippen LogP contribution in [0.1, 0.15) is 27.7 Å². The van der Waals surface area contributed by atoms with Gasteiger partial charge < -0.3 is 9.84 Å². The average molecular weight is 253 g/mol. The van der Waals surface area contributed by atoms with Crippen LogP contribution in [0.3, 0.4) is 0 Å². The molecule has 0 aliphatic heterocycles. The zero-order chi connectivity index (χ0) is 10.6. The number of rotatable bonds is 3. The summed E-state index contributed by atoms with van der Waals surface area (Å²) in [6.45, 7) is 7.67. The molecule has 0 bridgehead atoms. The highest BCUT2D eigenvalue weighted by molar-refractivity contribution is 9.10. The Kier molecular flexibility index (Phi) is 4.92. The molecule has 78 valence electrons. The van der Waals surface area contributed by atoms with E-state index in [-0.39, 0.29) is 5.41 Å². The third kappa shape index (κ3) is 4.09. The molecule has 0 aromatic heterocycles. The average Bonchev–Trinajstić information content (AvgIpc) is 2.00. The van der Waals surface area contributed by atoms with Crippen molar-refractivity contribution in [2.45, 2.75) is 38.6 Å². The molecule has 1 N–H and O–H groups in total. The quantitative estimate of drug-likeness (QED) is 0.615. The minimum Gasteiger partial charge on any atom is -0.465 e. The van der Waals surface area contributed by atoms with E-state index in [1.807, 2.05) is 20.8 Å². The fourth-order valence-electron chi connectivity index (χ4n) is 0.790. The molecule has 0 radical (unpaired) electrons. The summed E-state index contributed by atoms with van der Waals surface area (Å²) in [7, 11) is 0. The summed E-state index contributed by atoms with van der Waals surface area (Å²) in [5.74, 6) is -0.412. The van der Waals surface area contributed by atoms with Crippen LogP contribution in [0, 0.1) is 5.41 Å². The van der Waals surface area contributed by atoms with E-state index in [1.165, 1.54) is 0 Å². The molecular formula is C9H17BrO3. The number of hydrogen-bond acceptors (Lipinski definition) is 3. The molecule has 0 heterocycles. The second kappa shape index (κ2) is 4.96. The standard InChI is InChI=1S/C9H17BrO3/c1-5-13-8(12)6(10)7(11)9(2,3)4/h6-7,11H,5H2,1-4H3/t6-,7+/m1/s1. The number of halogens is 1. The Hall–Kier alpha value is -0.0900. The van der Waals surface area contributed by atoms with Crippen LogP contribution in [0.25, 0.3) is 0 Å². The molecule has 0 aliphatic carbocycles. The zero-order valence-corrected chi connectivity index (χ0v) is 10.1. The lowest BCUT2D eigenvalue weighted by Crippen LogP contribution is -2.39. The maximum atomic E-state index is 11.2. The van der Waals surface area contributed by atoms with E-state index >= 15 is 0 Å².